The maximum absolute atomic E-state index is 11.1. The van der Waals surface area contributed by atoms with Crippen LogP contribution in [0.25, 0.3) is 11.1 Å². The zero-order chi connectivity index (χ0) is 15.1. The average Bonchev–Trinajstić information content (AvgIpc) is 3.07. The van der Waals surface area contributed by atoms with Gasteiger partial charge in [0, 0.05) is 10.6 Å². The number of hydrogen-bond donors (Lipinski definition) is 3. The second-order valence-corrected chi connectivity index (χ2v) is 5.83. The molecule has 0 saturated heterocycles. The van der Waals surface area contributed by atoms with Gasteiger partial charge < -0.3 is 18.8 Å². The molecule has 1 aromatic heterocycles. The van der Waals surface area contributed by atoms with Gasteiger partial charge >= 0.3 is 12.9 Å². The predicted molar refractivity (Wildman–Crippen MR) is 85.2 cm³/mol. The van der Waals surface area contributed by atoms with Gasteiger partial charge in [-0.15, -0.1) is 0 Å². The van der Waals surface area contributed by atoms with Crippen molar-refractivity contribution in [2.75, 3.05) is 4.72 Å². The summed E-state index contributed by atoms with van der Waals surface area (Å²) in [6, 6.07) is 11.2. The Kier molecular flexibility index (Phi) is 3.22. The van der Waals surface area contributed by atoms with Gasteiger partial charge in [0.15, 0.2) is 5.58 Å². The van der Waals surface area contributed by atoms with E-state index < -0.39 is 12.9 Å². The third-order valence-electron chi connectivity index (χ3n) is 3.49. The van der Waals surface area contributed by atoms with Crippen molar-refractivity contribution in [2.24, 2.45) is 0 Å². The third kappa shape index (κ3) is 2.41. The number of aromatic nitrogens is 1. The second-order valence-electron chi connectivity index (χ2n) is 4.95. The molecular formula is C14H11BN2O4S. The van der Waals surface area contributed by atoms with Crippen LogP contribution in [0.2, 0.25) is 0 Å². The molecule has 110 valence electrons. The molecule has 2 heterocycles. The van der Waals surface area contributed by atoms with Crippen molar-refractivity contribution in [3.8, 4) is 0 Å². The van der Waals surface area contributed by atoms with E-state index in [1.807, 2.05) is 24.3 Å². The van der Waals surface area contributed by atoms with E-state index in [4.69, 9.17) is 9.07 Å². The topological polar surface area (TPSA) is 87.5 Å². The SMILES string of the molecule is O=c1[nH]c2ccc(SNc3ccc4c(c3)B(O)OC4)cc2o1. The second kappa shape index (κ2) is 5.24. The normalized spacial score (nSPS) is 13.6. The fourth-order valence-corrected chi connectivity index (χ4v) is 3.05. The standard InChI is InChI=1S/C14H11BN2O4S/c18-14-16-12-4-3-10(6-13(12)21-14)22-17-9-2-1-8-7-20-15(19)11(8)5-9/h1-6,17,19H,7H2,(H,16,18). The van der Waals surface area contributed by atoms with Crippen LogP contribution in [-0.4, -0.2) is 17.1 Å². The lowest BCUT2D eigenvalue weighted by molar-refractivity contribution is 0.275. The molecule has 2 aromatic carbocycles. The quantitative estimate of drug-likeness (QED) is 0.501. The number of nitrogens with one attached hydrogen (secondary N) is 2. The van der Waals surface area contributed by atoms with Gasteiger partial charge in [0.25, 0.3) is 0 Å². The van der Waals surface area contributed by atoms with E-state index in [1.165, 1.54) is 11.9 Å². The van der Waals surface area contributed by atoms with Crippen LogP contribution in [0.5, 0.6) is 0 Å². The fourth-order valence-electron chi connectivity index (χ4n) is 2.39. The van der Waals surface area contributed by atoms with Crippen molar-refractivity contribution in [2.45, 2.75) is 11.5 Å². The van der Waals surface area contributed by atoms with Gasteiger partial charge in [-0.25, -0.2) is 4.79 Å². The number of hydrogen-bond acceptors (Lipinski definition) is 6. The van der Waals surface area contributed by atoms with Crippen LogP contribution in [0.15, 0.2) is 50.5 Å². The molecule has 0 amide bonds. The molecule has 4 rings (SSSR count). The molecule has 1 aliphatic rings. The van der Waals surface area contributed by atoms with Crippen molar-refractivity contribution in [3.63, 3.8) is 0 Å². The molecule has 0 spiro atoms. The summed E-state index contributed by atoms with van der Waals surface area (Å²) < 4.78 is 13.4. The van der Waals surface area contributed by atoms with Gasteiger partial charge in [0.2, 0.25) is 0 Å². The Labute approximate surface area is 129 Å². The van der Waals surface area contributed by atoms with Crippen LogP contribution in [0.4, 0.5) is 5.69 Å². The van der Waals surface area contributed by atoms with Crippen LogP contribution in [0.3, 0.4) is 0 Å². The maximum Gasteiger partial charge on any atom is 0.491 e. The molecular weight excluding hydrogens is 303 g/mol. The van der Waals surface area contributed by atoms with Crippen molar-refractivity contribution in [3.05, 3.63) is 52.5 Å². The minimum absolute atomic E-state index is 0.438. The van der Waals surface area contributed by atoms with Gasteiger partial charge in [-0.3, -0.25) is 4.98 Å². The Bertz CT molecular complexity index is 907. The molecule has 0 unspecified atom stereocenters. The highest BCUT2D eigenvalue weighted by atomic mass is 32.2. The van der Waals surface area contributed by atoms with Gasteiger partial charge in [-0.2, -0.15) is 0 Å². The van der Waals surface area contributed by atoms with E-state index in [0.29, 0.717) is 17.7 Å². The summed E-state index contributed by atoms with van der Waals surface area (Å²) in [4.78, 5) is 14.6. The molecule has 0 fully saturated rings. The number of benzene rings is 2. The number of H-pyrrole nitrogens is 1. The Hall–Kier alpha value is -2.16. The molecule has 0 atom stereocenters. The van der Waals surface area contributed by atoms with Crippen molar-refractivity contribution in [1.29, 1.82) is 0 Å². The lowest BCUT2D eigenvalue weighted by Gasteiger charge is -2.07. The van der Waals surface area contributed by atoms with E-state index in [1.54, 1.807) is 12.1 Å². The number of anilines is 1. The molecule has 8 heteroatoms. The highest BCUT2D eigenvalue weighted by Crippen LogP contribution is 2.24. The molecule has 3 aromatic rings. The predicted octanol–water partition coefficient (Wildman–Crippen LogP) is 1.46. The summed E-state index contributed by atoms with van der Waals surface area (Å²) in [6.07, 6.45) is 0. The first-order valence-electron chi connectivity index (χ1n) is 6.67. The first-order valence-corrected chi connectivity index (χ1v) is 7.49. The Morgan fingerprint density at radius 3 is 3.09 bits per heavy atom. The van der Waals surface area contributed by atoms with Crippen LogP contribution in [0.1, 0.15) is 5.56 Å². The van der Waals surface area contributed by atoms with Gasteiger partial charge in [0.05, 0.1) is 12.1 Å². The summed E-state index contributed by atoms with van der Waals surface area (Å²) in [5, 5.41) is 9.71. The summed E-state index contributed by atoms with van der Waals surface area (Å²) in [5.41, 5.74) is 3.85. The van der Waals surface area contributed by atoms with Gasteiger partial charge in [-0.1, -0.05) is 6.07 Å². The molecule has 0 bridgehead atoms. The van der Waals surface area contributed by atoms with Crippen LogP contribution >= 0.6 is 11.9 Å². The maximum atomic E-state index is 11.1. The van der Waals surface area contributed by atoms with Gasteiger partial charge in [0.1, 0.15) is 0 Å². The first kappa shape index (κ1) is 13.5. The highest BCUT2D eigenvalue weighted by molar-refractivity contribution is 8.00. The molecule has 1 aliphatic heterocycles. The van der Waals surface area contributed by atoms with E-state index >= 15 is 0 Å². The lowest BCUT2D eigenvalue weighted by Crippen LogP contribution is -2.28. The molecule has 3 N–H and O–H groups in total. The summed E-state index contributed by atoms with van der Waals surface area (Å²) in [5.74, 6) is -0.460. The smallest absolute Gasteiger partial charge is 0.423 e. The summed E-state index contributed by atoms with van der Waals surface area (Å²) in [7, 11) is -0.854. The number of rotatable bonds is 3. The van der Waals surface area contributed by atoms with E-state index in [9.17, 15) is 9.82 Å². The Morgan fingerprint density at radius 2 is 2.18 bits per heavy atom. The van der Waals surface area contributed by atoms with Crippen LogP contribution in [-0.2, 0) is 11.3 Å². The Balaban J connectivity index is 1.54. The Morgan fingerprint density at radius 1 is 1.27 bits per heavy atom. The molecule has 0 aliphatic carbocycles. The van der Waals surface area contributed by atoms with Crippen molar-refractivity contribution >= 4 is 41.3 Å². The number of oxazole rings is 1. The monoisotopic (exact) mass is 314 g/mol. The zero-order valence-corrected chi connectivity index (χ0v) is 12.1. The highest BCUT2D eigenvalue weighted by Gasteiger charge is 2.27. The largest absolute Gasteiger partial charge is 0.491 e. The van der Waals surface area contributed by atoms with E-state index in [-0.39, 0.29) is 0 Å². The number of aromatic amines is 1. The van der Waals surface area contributed by atoms with Crippen molar-refractivity contribution in [1.82, 2.24) is 4.98 Å². The van der Waals surface area contributed by atoms with Crippen molar-refractivity contribution < 1.29 is 14.1 Å². The third-order valence-corrected chi connectivity index (χ3v) is 4.32. The molecule has 22 heavy (non-hydrogen) atoms. The van der Waals surface area contributed by atoms with Crippen LogP contribution < -0.4 is 15.9 Å². The van der Waals surface area contributed by atoms with Gasteiger partial charge in [-0.05, 0) is 53.3 Å². The first-order chi connectivity index (χ1) is 10.7. The zero-order valence-electron chi connectivity index (χ0n) is 11.3. The average molecular weight is 314 g/mol. The van der Waals surface area contributed by atoms with Crippen LogP contribution in [0, 0.1) is 0 Å². The fraction of sp³-hybridized carbons (Fsp3) is 0.0714. The van der Waals surface area contributed by atoms with E-state index in [2.05, 4.69) is 9.71 Å². The number of fused-ring (bicyclic) bond motifs is 2. The summed E-state index contributed by atoms with van der Waals surface area (Å²) >= 11 is 1.40. The molecule has 6 nitrogen and oxygen atoms in total. The molecule has 0 saturated carbocycles. The minimum Gasteiger partial charge on any atom is -0.423 e. The lowest BCUT2D eigenvalue weighted by atomic mass is 9.79. The summed E-state index contributed by atoms with van der Waals surface area (Å²) in [6.45, 7) is 0.438. The van der Waals surface area contributed by atoms with E-state index in [0.717, 1.165) is 21.6 Å². The minimum atomic E-state index is -0.854. The molecule has 0 radical (unpaired) electrons.